The second-order valence-electron chi connectivity index (χ2n) is 9.38. The number of benzene rings is 2. The standard InChI is InChI=1S/C25H30N2O5S2/c28-25-23-17-19(33(29,30)26-13-5-1-2-6-14-26)9-11-21(23)22-12-10-20(18-24(22)25)34(31,32)27-15-7-3-4-8-16-27/h9-12,17-18H,1-8,13-16H2. The second kappa shape index (κ2) is 9.18. The van der Waals surface area contributed by atoms with Gasteiger partial charge in [0.15, 0.2) is 5.78 Å². The first-order valence-corrected chi connectivity index (χ1v) is 15.0. The fourth-order valence-corrected chi connectivity index (χ4v) is 8.31. The van der Waals surface area contributed by atoms with E-state index in [0.717, 1.165) is 51.4 Å². The van der Waals surface area contributed by atoms with E-state index in [0.29, 0.717) is 48.4 Å². The van der Waals surface area contributed by atoms with Gasteiger partial charge in [0.2, 0.25) is 20.0 Å². The Bertz CT molecular complexity index is 1220. The lowest BCUT2D eigenvalue weighted by atomic mass is 10.1. The average Bonchev–Trinajstić information content (AvgIpc) is 3.15. The first-order chi connectivity index (χ1) is 16.3. The van der Waals surface area contributed by atoms with Gasteiger partial charge in [0, 0.05) is 37.3 Å². The zero-order valence-corrected chi connectivity index (χ0v) is 20.8. The van der Waals surface area contributed by atoms with Crippen molar-refractivity contribution in [1.82, 2.24) is 8.61 Å². The van der Waals surface area contributed by atoms with Crippen LogP contribution in [0.5, 0.6) is 0 Å². The first-order valence-electron chi connectivity index (χ1n) is 12.1. The van der Waals surface area contributed by atoms with Gasteiger partial charge in [0.1, 0.15) is 0 Å². The molecule has 2 saturated heterocycles. The summed E-state index contributed by atoms with van der Waals surface area (Å²) in [6, 6.07) is 9.38. The lowest BCUT2D eigenvalue weighted by Gasteiger charge is -2.20. The fraction of sp³-hybridized carbons (Fsp3) is 0.480. The molecule has 2 aromatic carbocycles. The molecule has 2 aliphatic heterocycles. The smallest absolute Gasteiger partial charge is 0.243 e. The van der Waals surface area contributed by atoms with E-state index in [2.05, 4.69) is 0 Å². The molecule has 0 bridgehead atoms. The largest absolute Gasteiger partial charge is 0.289 e. The monoisotopic (exact) mass is 502 g/mol. The number of hydrogen-bond donors (Lipinski definition) is 0. The van der Waals surface area contributed by atoms with Crippen LogP contribution >= 0.6 is 0 Å². The Kier molecular flexibility index (Phi) is 6.39. The Morgan fingerprint density at radius 3 is 1.21 bits per heavy atom. The minimum Gasteiger partial charge on any atom is -0.289 e. The number of rotatable bonds is 4. The molecular formula is C25H30N2O5S2. The molecule has 0 N–H and O–H groups in total. The Hall–Kier alpha value is -2.07. The molecule has 0 atom stereocenters. The normalized spacial score (nSPS) is 20.4. The number of carbonyl (C=O) groups excluding carboxylic acids is 1. The molecule has 2 fully saturated rings. The third kappa shape index (κ3) is 4.12. The Labute approximate surface area is 201 Å². The van der Waals surface area contributed by atoms with Crippen LogP contribution in [0.4, 0.5) is 0 Å². The van der Waals surface area contributed by atoms with E-state index in [4.69, 9.17) is 0 Å². The summed E-state index contributed by atoms with van der Waals surface area (Å²) in [5.41, 5.74) is 1.92. The number of fused-ring (bicyclic) bond motifs is 3. The highest BCUT2D eigenvalue weighted by atomic mass is 32.2. The molecule has 5 rings (SSSR count). The van der Waals surface area contributed by atoms with Crippen LogP contribution in [0.1, 0.15) is 67.3 Å². The van der Waals surface area contributed by atoms with Crippen molar-refractivity contribution in [3.05, 3.63) is 47.5 Å². The summed E-state index contributed by atoms with van der Waals surface area (Å²) in [7, 11) is -7.38. The van der Waals surface area contributed by atoms with Crippen molar-refractivity contribution >= 4 is 25.8 Å². The van der Waals surface area contributed by atoms with Gasteiger partial charge in [-0.05, 0) is 61.1 Å². The second-order valence-corrected chi connectivity index (χ2v) is 13.3. The van der Waals surface area contributed by atoms with Gasteiger partial charge >= 0.3 is 0 Å². The molecule has 0 spiro atoms. The summed E-state index contributed by atoms with van der Waals surface area (Å²) in [5, 5.41) is 0. The van der Waals surface area contributed by atoms with Gasteiger partial charge in [0.25, 0.3) is 0 Å². The molecule has 182 valence electrons. The van der Waals surface area contributed by atoms with E-state index < -0.39 is 20.0 Å². The van der Waals surface area contributed by atoms with Crippen molar-refractivity contribution in [3.8, 4) is 11.1 Å². The quantitative estimate of drug-likeness (QED) is 0.537. The number of nitrogens with zero attached hydrogens (tertiary/aromatic N) is 2. The van der Waals surface area contributed by atoms with Gasteiger partial charge in [-0.2, -0.15) is 8.61 Å². The molecule has 0 saturated carbocycles. The van der Waals surface area contributed by atoms with Crippen molar-refractivity contribution in [1.29, 1.82) is 0 Å². The van der Waals surface area contributed by atoms with Crippen LogP contribution in [-0.4, -0.2) is 57.4 Å². The van der Waals surface area contributed by atoms with E-state index in [-0.39, 0.29) is 15.6 Å². The summed E-state index contributed by atoms with van der Waals surface area (Å²) in [6.07, 6.45) is 7.43. The number of ketones is 1. The van der Waals surface area contributed by atoms with Crippen molar-refractivity contribution in [2.75, 3.05) is 26.2 Å². The molecule has 7 nitrogen and oxygen atoms in total. The zero-order chi connectivity index (χ0) is 23.9. The summed E-state index contributed by atoms with van der Waals surface area (Å²) in [4.78, 5) is 13.5. The number of sulfonamides is 2. The molecular weight excluding hydrogens is 472 g/mol. The molecule has 0 amide bonds. The maximum absolute atomic E-state index is 13.3. The summed E-state index contributed by atoms with van der Waals surface area (Å²) >= 11 is 0. The zero-order valence-electron chi connectivity index (χ0n) is 19.2. The Balaban J connectivity index is 1.47. The van der Waals surface area contributed by atoms with Crippen molar-refractivity contribution in [3.63, 3.8) is 0 Å². The third-order valence-electron chi connectivity index (χ3n) is 7.17. The summed E-state index contributed by atoms with van der Waals surface area (Å²) in [5.74, 6) is -0.328. The molecule has 9 heteroatoms. The van der Waals surface area contributed by atoms with E-state index in [9.17, 15) is 21.6 Å². The predicted molar refractivity (Wildman–Crippen MR) is 130 cm³/mol. The molecule has 1 aliphatic carbocycles. The molecule has 0 aromatic heterocycles. The average molecular weight is 503 g/mol. The highest BCUT2D eigenvalue weighted by molar-refractivity contribution is 7.89. The molecule has 3 aliphatic rings. The van der Waals surface area contributed by atoms with Gasteiger partial charge in [-0.3, -0.25) is 4.79 Å². The van der Waals surface area contributed by atoms with Crippen molar-refractivity contribution in [2.24, 2.45) is 0 Å². The van der Waals surface area contributed by atoms with E-state index in [1.54, 1.807) is 24.3 Å². The topological polar surface area (TPSA) is 91.8 Å². The molecule has 34 heavy (non-hydrogen) atoms. The molecule has 0 unspecified atom stereocenters. The van der Waals surface area contributed by atoms with Crippen LogP contribution in [-0.2, 0) is 20.0 Å². The summed E-state index contributed by atoms with van der Waals surface area (Å²) < 4.78 is 56.0. The van der Waals surface area contributed by atoms with Gasteiger partial charge in [0.05, 0.1) is 9.79 Å². The number of hydrogen-bond acceptors (Lipinski definition) is 5. The van der Waals surface area contributed by atoms with Gasteiger partial charge in [-0.25, -0.2) is 16.8 Å². The van der Waals surface area contributed by atoms with Crippen LogP contribution < -0.4 is 0 Å². The minimum absolute atomic E-state index is 0.117. The lowest BCUT2D eigenvalue weighted by molar-refractivity contribution is 0.104. The lowest BCUT2D eigenvalue weighted by Crippen LogP contribution is -2.32. The first kappa shape index (κ1) is 23.7. The van der Waals surface area contributed by atoms with E-state index >= 15 is 0 Å². The van der Waals surface area contributed by atoms with Crippen LogP contribution in [0.25, 0.3) is 11.1 Å². The van der Waals surface area contributed by atoms with Gasteiger partial charge < -0.3 is 0 Å². The highest BCUT2D eigenvalue weighted by Gasteiger charge is 2.33. The van der Waals surface area contributed by atoms with E-state index in [1.807, 2.05) is 0 Å². The molecule has 2 aromatic rings. The van der Waals surface area contributed by atoms with Gasteiger partial charge in [-0.15, -0.1) is 0 Å². The maximum atomic E-state index is 13.3. The summed E-state index contributed by atoms with van der Waals surface area (Å²) in [6.45, 7) is 1.97. The van der Waals surface area contributed by atoms with Crippen LogP contribution in [0.15, 0.2) is 46.2 Å². The Morgan fingerprint density at radius 2 is 0.853 bits per heavy atom. The predicted octanol–water partition coefficient (Wildman–Crippen LogP) is 4.03. The van der Waals surface area contributed by atoms with Crippen LogP contribution in [0, 0.1) is 0 Å². The number of carbonyl (C=O) groups is 1. The Morgan fingerprint density at radius 1 is 0.500 bits per heavy atom. The van der Waals surface area contributed by atoms with Gasteiger partial charge in [-0.1, -0.05) is 37.8 Å². The van der Waals surface area contributed by atoms with E-state index in [1.165, 1.54) is 20.7 Å². The van der Waals surface area contributed by atoms with Crippen molar-refractivity contribution < 1.29 is 21.6 Å². The minimum atomic E-state index is -3.69. The highest BCUT2D eigenvalue weighted by Crippen LogP contribution is 2.39. The third-order valence-corrected chi connectivity index (χ3v) is 11.0. The van der Waals surface area contributed by atoms with Crippen LogP contribution in [0.3, 0.4) is 0 Å². The SMILES string of the molecule is O=C1c2cc(S(=O)(=O)N3CCCCCC3)ccc2-c2ccc(S(=O)(=O)N3CCCCCC3)cc21. The van der Waals surface area contributed by atoms with Crippen LogP contribution in [0.2, 0.25) is 0 Å². The molecule has 2 heterocycles. The van der Waals surface area contributed by atoms with Crippen molar-refractivity contribution in [2.45, 2.75) is 61.2 Å². The fourth-order valence-electron chi connectivity index (χ4n) is 5.22. The molecule has 0 radical (unpaired) electrons. The maximum Gasteiger partial charge on any atom is 0.243 e.